The Labute approximate surface area is 208 Å². The highest BCUT2D eigenvalue weighted by atomic mass is 16.5. The highest BCUT2D eigenvalue weighted by Gasteiger charge is 2.36. The van der Waals surface area contributed by atoms with E-state index in [1.54, 1.807) is 15.8 Å². The van der Waals surface area contributed by atoms with Crippen molar-refractivity contribution in [2.24, 2.45) is 7.05 Å². The van der Waals surface area contributed by atoms with Crippen LogP contribution in [0.4, 0.5) is 0 Å². The zero-order chi connectivity index (χ0) is 25.0. The lowest BCUT2D eigenvalue weighted by atomic mass is 9.98. The Kier molecular flexibility index (Phi) is 5.34. The van der Waals surface area contributed by atoms with Gasteiger partial charge in [0.05, 0.1) is 40.9 Å². The number of carbonyl (C=O) groups is 1. The SMILES string of the molecule is C[C@H]1C(=O)N(C)Cc2c(-c3cccc4nc(-c5cnn(C)c5)c(C#N)cc34)nc(C3CCOCC3)n21. The average Bonchev–Trinajstić information content (AvgIpc) is 3.50. The predicted molar refractivity (Wildman–Crippen MR) is 134 cm³/mol. The number of amides is 1. The number of aryl methyl sites for hydroxylation is 1. The summed E-state index contributed by atoms with van der Waals surface area (Å²) in [7, 11) is 3.68. The van der Waals surface area contributed by atoms with E-state index in [0.29, 0.717) is 31.0 Å². The molecule has 1 fully saturated rings. The number of imidazole rings is 1. The Morgan fingerprint density at radius 2 is 1.94 bits per heavy atom. The molecule has 9 heteroatoms. The number of nitrogens with zero attached hydrogens (tertiary/aromatic N) is 7. The molecule has 9 nitrogen and oxygen atoms in total. The molecule has 36 heavy (non-hydrogen) atoms. The van der Waals surface area contributed by atoms with Gasteiger partial charge < -0.3 is 14.2 Å². The van der Waals surface area contributed by atoms with Gasteiger partial charge in [0.25, 0.3) is 0 Å². The number of aromatic nitrogens is 5. The monoisotopic (exact) mass is 481 g/mol. The maximum Gasteiger partial charge on any atom is 0.245 e. The number of ether oxygens (including phenoxy) is 1. The van der Waals surface area contributed by atoms with Gasteiger partial charge in [-0.05, 0) is 31.9 Å². The lowest BCUT2D eigenvalue weighted by molar-refractivity contribution is -0.135. The van der Waals surface area contributed by atoms with E-state index in [1.807, 2.05) is 51.5 Å². The second-order valence-electron chi connectivity index (χ2n) is 9.66. The molecule has 0 bridgehead atoms. The number of benzene rings is 1. The third-order valence-electron chi connectivity index (χ3n) is 7.34. The van der Waals surface area contributed by atoms with Crippen molar-refractivity contribution in [3.05, 3.63) is 53.7 Å². The van der Waals surface area contributed by atoms with Crippen LogP contribution in [-0.2, 0) is 23.1 Å². The van der Waals surface area contributed by atoms with Crippen molar-refractivity contribution in [3.63, 3.8) is 0 Å². The van der Waals surface area contributed by atoms with E-state index in [2.05, 4.69) is 15.7 Å². The summed E-state index contributed by atoms with van der Waals surface area (Å²) in [5.41, 5.74) is 5.49. The number of pyridine rings is 1. The van der Waals surface area contributed by atoms with Crippen molar-refractivity contribution in [1.29, 1.82) is 5.26 Å². The Bertz CT molecular complexity index is 1540. The summed E-state index contributed by atoms with van der Waals surface area (Å²) in [6.45, 7) is 3.84. The number of rotatable bonds is 3. The van der Waals surface area contributed by atoms with Crippen molar-refractivity contribution < 1.29 is 9.53 Å². The van der Waals surface area contributed by atoms with Gasteiger partial charge in [0.1, 0.15) is 17.9 Å². The molecule has 0 spiro atoms. The summed E-state index contributed by atoms with van der Waals surface area (Å²) >= 11 is 0. The maximum atomic E-state index is 12.9. The maximum absolute atomic E-state index is 12.9. The third-order valence-corrected chi connectivity index (χ3v) is 7.34. The van der Waals surface area contributed by atoms with Gasteiger partial charge >= 0.3 is 0 Å². The number of likely N-dealkylation sites (N-methyl/N-ethyl adjacent to an activating group) is 1. The molecule has 6 rings (SSSR count). The zero-order valence-corrected chi connectivity index (χ0v) is 20.6. The van der Waals surface area contributed by atoms with Crippen LogP contribution in [0.3, 0.4) is 0 Å². The fourth-order valence-electron chi connectivity index (χ4n) is 5.51. The topological polar surface area (TPSA) is 102 Å². The van der Waals surface area contributed by atoms with Crippen LogP contribution < -0.4 is 0 Å². The van der Waals surface area contributed by atoms with Crippen molar-refractivity contribution in [2.45, 2.75) is 38.3 Å². The molecule has 0 N–H and O–H groups in total. The first-order valence-electron chi connectivity index (χ1n) is 12.2. The van der Waals surface area contributed by atoms with Crippen LogP contribution >= 0.6 is 0 Å². The molecule has 2 aliphatic rings. The van der Waals surface area contributed by atoms with Crippen molar-refractivity contribution in [2.75, 3.05) is 20.3 Å². The van der Waals surface area contributed by atoms with Gasteiger partial charge in [0.2, 0.25) is 5.91 Å². The lowest BCUT2D eigenvalue weighted by Gasteiger charge is -2.32. The van der Waals surface area contributed by atoms with Crippen LogP contribution in [-0.4, -0.2) is 55.4 Å². The van der Waals surface area contributed by atoms with Crippen molar-refractivity contribution in [1.82, 2.24) is 29.2 Å². The highest BCUT2D eigenvalue weighted by molar-refractivity contribution is 5.97. The molecule has 0 radical (unpaired) electrons. The second kappa shape index (κ2) is 8.57. The number of carbonyl (C=O) groups excluding carboxylic acids is 1. The van der Waals surface area contributed by atoms with Crippen molar-refractivity contribution >= 4 is 16.8 Å². The van der Waals surface area contributed by atoms with Crippen LogP contribution in [0.15, 0.2) is 36.7 Å². The van der Waals surface area contributed by atoms with Crippen LogP contribution in [0.25, 0.3) is 33.4 Å². The number of nitriles is 1. The molecular formula is C27H27N7O2. The minimum atomic E-state index is -0.321. The fraction of sp³-hybridized carbons (Fsp3) is 0.370. The summed E-state index contributed by atoms with van der Waals surface area (Å²) in [4.78, 5) is 24.8. The quantitative estimate of drug-likeness (QED) is 0.441. The second-order valence-corrected chi connectivity index (χ2v) is 9.66. The third kappa shape index (κ3) is 3.48. The van der Waals surface area contributed by atoms with E-state index >= 15 is 0 Å². The van der Waals surface area contributed by atoms with Gasteiger partial charge in [-0.1, -0.05) is 12.1 Å². The number of fused-ring (bicyclic) bond motifs is 2. The van der Waals surface area contributed by atoms with Gasteiger partial charge in [0.15, 0.2) is 0 Å². The van der Waals surface area contributed by atoms with E-state index in [0.717, 1.165) is 52.1 Å². The van der Waals surface area contributed by atoms with Gasteiger partial charge in [0, 0.05) is 55.9 Å². The van der Waals surface area contributed by atoms with Crippen LogP contribution in [0.2, 0.25) is 0 Å². The summed E-state index contributed by atoms with van der Waals surface area (Å²) in [5, 5.41) is 15.1. The van der Waals surface area contributed by atoms with Gasteiger partial charge in [-0.3, -0.25) is 9.48 Å². The molecule has 0 aliphatic carbocycles. The molecule has 3 aromatic heterocycles. The highest BCUT2D eigenvalue weighted by Crippen LogP contribution is 2.40. The number of hydrogen-bond acceptors (Lipinski definition) is 6. The normalized spacial score (nSPS) is 18.4. The first-order chi connectivity index (χ1) is 17.5. The summed E-state index contributed by atoms with van der Waals surface area (Å²) in [6.07, 6.45) is 5.35. The Morgan fingerprint density at radius 1 is 1.14 bits per heavy atom. The van der Waals surface area contributed by atoms with E-state index < -0.39 is 0 Å². The minimum Gasteiger partial charge on any atom is -0.381 e. The van der Waals surface area contributed by atoms with Gasteiger partial charge in [-0.25, -0.2) is 9.97 Å². The number of hydrogen-bond donors (Lipinski definition) is 0. The van der Waals surface area contributed by atoms with E-state index in [1.165, 1.54) is 0 Å². The van der Waals surface area contributed by atoms with Crippen LogP contribution in [0.1, 0.15) is 48.8 Å². The molecule has 2 aliphatic heterocycles. The molecule has 1 aromatic carbocycles. The van der Waals surface area contributed by atoms with Gasteiger partial charge in [-0.15, -0.1) is 0 Å². The molecule has 0 unspecified atom stereocenters. The van der Waals surface area contributed by atoms with E-state index in [9.17, 15) is 10.1 Å². The fourth-order valence-corrected chi connectivity index (χ4v) is 5.51. The molecular weight excluding hydrogens is 454 g/mol. The van der Waals surface area contributed by atoms with Crippen LogP contribution in [0.5, 0.6) is 0 Å². The standard InChI is InChI=1S/C27H27N7O2/c1-16-27(35)32(2)15-23-25(31-26(34(16)23)17-7-9-36-10-8-17)20-5-4-6-22-21(20)11-18(12-28)24(30-22)19-13-29-33(3)14-19/h4-6,11,13-14,16-17H,7-10,15H2,1-3H3/t16-/m0/s1. The first-order valence-corrected chi connectivity index (χ1v) is 12.2. The van der Waals surface area contributed by atoms with E-state index in [4.69, 9.17) is 14.7 Å². The Balaban J connectivity index is 1.57. The lowest BCUT2D eigenvalue weighted by Crippen LogP contribution is -2.40. The molecule has 4 aromatic rings. The smallest absolute Gasteiger partial charge is 0.245 e. The minimum absolute atomic E-state index is 0.0900. The first kappa shape index (κ1) is 22.4. The summed E-state index contributed by atoms with van der Waals surface area (Å²) < 4.78 is 9.45. The molecule has 1 amide bonds. The van der Waals surface area contributed by atoms with Crippen LogP contribution in [0, 0.1) is 11.3 Å². The van der Waals surface area contributed by atoms with E-state index in [-0.39, 0.29) is 17.9 Å². The molecule has 5 heterocycles. The molecule has 1 atom stereocenters. The summed E-state index contributed by atoms with van der Waals surface area (Å²) in [6, 6.07) is 9.87. The predicted octanol–water partition coefficient (Wildman–Crippen LogP) is 3.80. The Morgan fingerprint density at radius 3 is 2.67 bits per heavy atom. The van der Waals surface area contributed by atoms with Gasteiger partial charge in [-0.2, -0.15) is 10.4 Å². The van der Waals surface area contributed by atoms with Crippen molar-refractivity contribution in [3.8, 4) is 28.6 Å². The molecule has 1 saturated heterocycles. The summed E-state index contributed by atoms with van der Waals surface area (Å²) in [5.74, 6) is 1.28. The largest absolute Gasteiger partial charge is 0.381 e. The molecule has 0 saturated carbocycles. The molecule has 182 valence electrons. The average molecular weight is 482 g/mol. The zero-order valence-electron chi connectivity index (χ0n) is 20.6. The Hall–Kier alpha value is -4.03.